The highest BCUT2D eigenvalue weighted by atomic mass is 15.0. The van der Waals surface area contributed by atoms with Crippen LogP contribution in [0.2, 0.25) is 0 Å². The Morgan fingerprint density at radius 1 is 1.07 bits per heavy atom. The number of hydrogen-bond acceptors (Lipinski definition) is 2. The minimum Gasteiger partial charge on any atom is -0.343 e. The average molecular weight is 358 g/mol. The van der Waals surface area contributed by atoms with Gasteiger partial charge in [-0.2, -0.15) is 0 Å². The van der Waals surface area contributed by atoms with Crippen LogP contribution in [0.3, 0.4) is 0 Å². The lowest BCUT2D eigenvalue weighted by Gasteiger charge is -2.06. The van der Waals surface area contributed by atoms with Crippen molar-refractivity contribution in [3.8, 4) is 0 Å². The predicted molar refractivity (Wildman–Crippen MR) is 111 cm³/mol. The molecule has 0 aliphatic heterocycles. The van der Waals surface area contributed by atoms with Gasteiger partial charge in [0.25, 0.3) is 0 Å². The van der Waals surface area contributed by atoms with E-state index in [-0.39, 0.29) is 0 Å². The van der Waals surface area contributed by atoms with Crippen LogP contribution in [0.5, 0.6) is 0 Å². The first-order valence-electron chi connectivity index (χ1n) is 9.58. The maximum absolute atomic E-state index is 4.09. The second-order valence-corrected chi connectivity index (χ2v) is 7.12. The van der Waals surface area contributed by atoms with Crippen LogP contribution in [-0.4, -0.2) is 20.7 Å². The van der Waals surface area contributed by atoms with Gasteiger partial charge >= 0.3 is 0 Å². The first-order chi connectivity index (χ1) is 13.3. The molecule has 4 rings (SSSR count). The molecule has 2 heterocycles. The van der Waals surface area contributed by atoms with Gasteiger partial charge in [0.1, 0.15) is 0 Å². The van der Waals surface area contributed by atoms with Gasteiger partial charge < -0.3 is 14.5 Å². The molecule has 27 heavy (non-hydrogen) atoms. The summed E-state index contributed by atoms with van der Waals surface area (Å²) in [5, 5.41) is 4.94. The Labute approximate surface area is 160 Å². The molecule has 0 saturated carbocycles. The SMILES string of the molecule is Cc1cccc(Cn2cc(CNCCCn3ccnc3)c3ccccc32)c1. The standard InChI is InChI=1S/C23H26N4/c1-19-6-4-7-20(14-19)16-27-17-21(22-8-2-3-9-23(22)27)15-24-10-5-12-26-13-11-25-18-26/h2-4,6-9,11,13-14,17-18,24H,5,10,12,15-16H2,1H3. The Hall–Kier alpha value is -2.85. The molecule has 2 aromatic carbocycles. The van der Waals surface area contributed by atoms with Crippen molar-refractivity contribution in [2.75, 3.05) is 6.54 Å². The van der Waals surface area contributed by atoms with E-state index in [2.05, 4.69) is 81.1 Å². The normalized spacial score (nSPS) is 11.3. The number of nitrogens with zero attached hydrogens (tertiary/aromatic N) is 3. The highest BCUT2D eigenvalue weighted by Crippen LogP contribution is 2.22. The van der Waals surface area contributed by atoms with Crippen molar-refractivity contribution in [2.45, 2.75) is 33.0 Å². The van der Waals surface area contributed by atoms with Crippen molar-refractivity contribution >= 4 is 10.9 Å². The fourth-order valence-electron chi connectivity index (χ4n) is 3.63. The summed E-state index contributed by atoms with van der Waals surface area (Å²) in [6.07, 6.45) is 9.11. The Kier molecular flexibility index (Phi) is 5.35. The van der Waals surface area contributed by atoms with Gasteiger partial charge in [0.2, 0.25) is 0 Å². The molecule has 4 heteroatoms. The van der Waals surface area contributed by atoms with E-state index in [1.54, 1.807) is 0 Å². The van der Waals surface area contributed by atoms with Crippen LogP contribution < -0.4 is 5.32 Å². The lowest BCUT2D eigenvalue weighted by Crippen LogP contribution is -2.16. The molecular weight excluding hydrogens is 332 g/mol. The quantitative estimate of drug-likeness (QED) is 0.475. The van der Waals surface area contributed by atoms with Gasteiger partial charge in [-0.25, -0.2) is 4.98 Å². The van der Waals surface area contributed by atoms with Gasteiger partial charge in [-0.1, -0.05) is 48.0 Å². The minimum absolute atomic E-state index is 0.894. The number of aromatic nitrogens is 3. The van der Waals surface area contributed by atoms with Crippen LogP contribution in [0, 0.1) is 6.92 Å². The minimum atomic E-state index is 0.894. The number of rotatable bonds is 8. The third-order valence-corrected chi connectivity index (χ3v) is 4.95. The lowest BCUT2D eigenvalue weighted by molar-refractivity contribution is 0.581. The molecule has 1 N–H and O–H groups in total. The maximum Gasteiger partial charge on any atom is 0.0945 e. The molecule has 0 bridgehead atoms. The largest absolute Gasteiger partial charge is 0.343 e. The second kappa shape index (κ2) is 8.23. The number of para-hydroxylation sites is 1. The zero-order valence-electron chi connectivity index (χ0n) is 15.8. The smallest absolute Gasteiger partial charge is 0.0945 e. The fraction of sp³-hybridized carbons (Fsp3) is 0.261. The lowest BCUT2D eigenvalue weighted by atomic mass is 10.1. The molecular formula is C23H26N4. The van der Waals surface area contributed by atoms with Gasteiger partial charge in [-0.05, 0) is 37.1 Å². The van der Waals surface area contributed by atoms with Crippen molar-refractivity contribution in [1.29, 1.82) is 0 Å². The molecule has 0 amide bonds. The number of fused-ring (bicyclic) bond motifs is 1. The summed E-state index contributed by atoms with van der Waals surface area (Å²) in [7, 11) is 0. The van der Waals surface area contributed by atoms with Crippen molar-refractivity contribution in [3.05, 3.63) is 90.1 Å². The summed E-state index contributed by atoms with van der Waals surface area (Å²) in [5.74, 6) is 0. The van der Waals surface area contributed by atoms with Crippen molar-refractivity contribution in [1.82, 2.24) is 19.4 Å². The highest BCUT2D eigenvalue weighted by Gasteiger charge is 2.08. The Bertz CT molecular complexity index is 998. The highest BCUT2D eigenvalue weighted by molar-refractivity contribution is 5.84. The van der Waals surface area contributed by atoms with E-state index in [1.165, 1.54) is 27.6 Å². The van der Waals surface area contributed by atoms with Crippen LogP contribution in [0.15, 0.2) is 73.4 Å². The molecule has 138 valence electrons. The summed E-state index contributed by atoms with van der Waals surface area (Å²) >= 11 is 0. The van der Waals surface area contributed by atoms with Crippen LogP contribution in [-0.2, 0) is 19.6 Å². The number of hydrogen-bond donors (Lipinski definition) is 1. The molecule has 0 radical (unpaired) electrons. The molecule has 0 fully saturated rings. The molecule has 0 unspecified atom stereocenters. The van der Waals surface area contributed by atoms with E-state index < -0.39 is 0 Å². The first kappa shape index (κ1) is 17.6. The van der Waals surface area contributed by atoms with Gasteiger partial charge in [0.15, 0.2) is 0 Å². The molecule has 4 nitrogen and oxygen atoms in total. The predicted octanol–water partition coefficient (Wildman–Crippen LogP) is 4.37. The average Bonchev–Trinajstić information content (AvgIpc) is 3.31. The third-order valence-electron chi connectivity index (χ3n) is 4.95. The number of aryl methyl sites for hydroxylation is 2. The molecule has 2 aromatic heterocycles. The van der Waals surface area contributed by atoms with Crippen molar-refractivity contribution < 1.29 is 0 Å². The Morgan fingerprint density at radius 3 is 2.85 bits per heavy atom. The van der Waals surface area contributed by atoms with Crippen LogP contribution in [0.1, 0.15) is 23.1 Å². The molecule has 0 saturated heterocycles. The Balaban J connectivity index is 1.43. The van der Waals surface area contributed by atoms with E-state index in [1.807, 2.05) is 18.7 Å². The van der Waals surface area contributed by atoms with Gasteiger partial charge in [-0.15, -0.1) is 0 Å². The zero-order valence-corrected chi connectivity index (χ0v) is 15.8. The van der Waals surface area contributed by atoms with Crippen LogP contribution in [0.4, 0.5) is 0 Å². The summed E-state index contributed by atoms with van der Waals surface area (Å²) in [6, 6.07) is 17.5. The topological polar surface area (TPSA) is 34.8 Å². The monoisotopic (exact) mass is 358 g/mol. The van der Waals surface area contributed by atoms with E-state index in [0.717, 1.165) is 32.6 Å². The second-order valence-electron chi connectivity index (χ2n) is 7.12. The number of benzene rings is 2. The van der Waals surface area contributed by atoms with E-state index in [0.29, 0.717) is 0 Å². The van der Waals surface area contributed by atoms with E-state index >= 15 is 0 Å². The summed E-state index contributed by atoms with van der Waals surface area (Å²) in [6.45, 7) is 5.95. The first-order valence-corrected chi connectivity index (χ1v) is 9.58. The molecule has 0 aliphatic rings. The number of nitrogens with one attached hydrogen (secondary N) is 1. The Morgan fingerprint density at radius 2 is 2.00 bits per heavy atom. The zero-order chi connectivity index (χ0) is 18.5. The van der Waals surface area contributed by atoms with Gasteiger partial charge in [0, 0.05) is 49.1 Å². The fourth-order valence-corrected chi connectivity index (χ4v) is 3.63. The van der Waals surface area contributed by atoms with Crippen LogP contribution in [0.25, 0.3) is 10.9 Å². The number of imidazole rings is 1. The van der Waals surface area contributed by atoms with Gasteiger partial charge in [-0.3, -0.25) is 0 Å². The summed E-state index contributed by atoms with van der Waals surface area (Å²) in [5.41, 5.74) is 5.31. The maximum atomic E-state index is 4.09. The molecule has 4 aromatic rings. The molecule has 0 atom stereocenters. The third kappa shape index (κ3) is 4.29. The molecule has 0 aliphatic carbocycles. The van der Waals surface area contributed by atoms with Crippen molar-refractivity contribution in [2.24, 2.45) is 0 Å². The summed E-state index contributed by atoms with van der Waals surface area (Å²) in [4.78, 5) is 4.09. The molecule has 0 spiro atoms. The van der Waals surface area contributed by atoms with Crippen molar-refractivity contribution in [3.63, 3.8) is 0 Å². The van der Waals surface area contributed by atoms with Gasteiger partial charge in [0.05, 0.1) is 6.33 Å². The van der Waals surface area contributed by atoms with E-state index in [9.17, 15) is 0 Å². The summed E-state index contributed by atoms with van der Waals surface area (Å²) < 4.78 is 4.49. The van der Waals surface area contributed by atoms with Crippen LogP contribution >= 0.6 is 0 Å². The van der Waals surface area contributed by atoms with E-state index in [4.69, 9.17) is 0 Å².